The molecule has 0 unspecified atom stereocenters. The summed E-state index contributed by atoms with van der Waals surface area (Å²) < 4.78 is 41.5. The quantitative estimate of drug-likeness (QED) is 0.855. The first-order valence-electron chi connectivity index (χ1n) is 5.11. The molecule has 0 saturated heterocycles. The van der Waals surface area contributed by atoms with E-state index in [9.17, 15) is 22.8 Å². The standard InChI is InChI=1S/C10H11F3N2O4/c11-10(12,13)6-15(5-8(16)17)9(18)14-4-7-2-1-3-19-7/h1-3H,4-6H2,(H,14,18)(H,16,17). The van der Waals surface area contributed by atoms with Gasteiger partial charge in [0.05, 0.1) is 12.8 Å². The molecule has 0 atom stereocenters. The number of rotatable bonds is 5. The van der Waals surface area contributed by atoms with Crippen molar-refractivity contribution in [3.8, 4) is 0 Å². The van der Waals surface area contributed by atoms with Crippen molar-refractivity contribution in [3.05, 3.63) is 24.2 Å². The van der Waals surface area contributed by atoms with Gasteiger partial charge in [0.2, 0.25) is 0 Å². The molecule has 0 fully saturated rings. The topological polar surface area (TPSA) is 82.8 Å². The average Bonchev–Trinajstić information content (AvgIpc) is 2.75. The zero-order chi connectivity index (χ0) is 14.5. The van der Waals surface area contributed by atoms with Crippen LogP contribution >= 0.6 is 0 Å². The molecule has 0 aliphatic carbocycles. The Labute approximate surface area is 105 Å². The van der Waals surface area contributed by atoms with Crippen LogP contribution < -0.4 is 5.32 Å². The predicted octanol–water partition coefficient (Wildman–Crippen LogP) is 1.44. The summed E-state index contributed by atoms with van der Waals surface area (Å²) in [6.45, 7) is -2.80. The van der Waals surface area contributed by atoms with E-state index in [4.69, 9.17) is 9.52 Å². The van der Waals surface area contributed by atoms with Crippen molar-refractivity contribution in [2.24, 2.45) is 0 Å². The van der Waals surface area contributed by atoms with Crippen molar-refractivity contribution in [2.45, 2.75) is 12.7 Å². The van der Waals surface area contributed by atoms with Crippen molar-refractivity contribution in [1.82, 2.24) is 10.2 Å². The SMILES string of the molecule is O=C(O)CN(CC(F)(F)F)C(=O)NCc1ccco1. The van der Waals surface area contributed by atoms with E-state index in [1.54, 1.807) is 6.07 Å². The van der Waals surface area contributed by atoms with Gasteiger partial charge in [-0.3, -0.25) is 4.79 Å². The maximum absolute atomic E-state index is 12.2. The van der Waals surface area contributed by atoms with Gasteiger partial charge < -0.3 is 19.7 Å². The molecule has 1 aromatic rings. The van der Waals surface area contributed by atoms with Crippen molar-refractivity contribution in [2.75, 3.05) is 13.1 Å². The van der Waals surface area contributed by atoms with E-state index in [-0.39, 0.29) is 11.4 Å². The highest BCUT2D eigenvalue weighted by molar-refractivity contribution is 5.80. The summed E-state index contributed by atoms with van der Waals surface area (Å²) in [5, 5.41) is 10.6. The van der Waals surface area contributed by atoms with Gasteiger partial charge in [0.1, 0.15) is 18.8 Å². The molecule has 0 saturated carbocycles. The van der Waals surface area contributed by atoms with Crippen molar-refractivity contribution >= 4 is 12.0 Å². The number of nitrogens with one attached hydrogen (secondary N) is 1. The minimum Gasteiger partial charge on any atom is -0.480 e. The Morgan fingerprint density at radius 1 is 1.42 bits per heavy atom. The highest BCUT2D eigenvalue weighted by Crippen LogP contribution is 2.16. The zero-order valence-electron chi connectivity index (χ0n) is 9.61. The van der Waals surface area contributed by atoms with Crippen molar-refractivity contribution < 1.29 is 32.3 Å². The molecule has 2 amide bonds. The Morgan fingerprint density at radius 2 is 2.11 bits per heavy atom. The monoisotopic (exact) mass is 280 g/mol. The van der Waals surface area contributed by atoms with Crippen LogP contribution in [-0.2, 0) is 11.3 Å². The molecule has 0 bridgehead atoms. The number of furan rings is 1. The molecule has 1 rings (SSSR count). The lowest BCUT2D eigenvalue weighted by Crippen LogP contribution is -2.46. The molecule has 6 nitrogen and oxygen atoms in total. The predicted molar refractivity (Wildman–Crippen MR) is 56.2 cm³/mol. The van der Waals surface area contributed by atoms with Crippen LogP contribution in [0.4, 0.5) is 18.0 Å². The van der Waals surface area contributed by atoms with Gasteiger partial charge in [0, 0.05) is 0 Å². The van der Waals surface area contributed by atoms with E-state index >= 15 is 0 Å². The molecule has 19 heavy (non-hydrogen) atoms. The van der Waals surface area contributed by atoms with E-state index in [0.717, 1.165) is 0 Å². The molecule has 0 spiro atoms. The lowest BCUT2D eigenvalue weighted by Gasteiger charge is -2.22. The highest BCUT2D eigenvalue weighted by Gasteiger charge is 2.33. The summed E-state index contributed by atoms with van der Waals surface area (Å²) >= 11 is 0. The number of hydrogen-bond donors (Lipinski definition) is 2. The number of carboxylic acids is 1. The summed E-state index contributed by atoms with van der Waals surface area (Å²) in [4.78, 5) is 22.0. The number of carbonyl (C=O) groups excluding carboxylic acids is 1. The molecule has 9 heteroatoms. The second-order valence-corrected chi connectivity index (χ2v) is 3.60. The van der Waals surface area contributed by atoms with Crippen LogP contribution in [0.2, 0.25) is 0 Å². The van der Waals surface area contributed by atoms with Gasteiger partial charge in [-0.2, -0.15) is 13.2 Å². The fraction of sp³-hybridized carbons (Fsp3) is 0.400. The summed E-state index contributed by atoms with van der Waals surface area (Å²) in [6.07, 6.45) is -3.33. The fourth-order valence-corrected chi connectivity index (χ4v) is 1.27. The number of hydrogen-bond acceptors (Lipinski definition) is 3. The van der Waals surface area contributed by atoms with Gasteiger partial charge in [0.25, 0.3) is 0 Å². The molecule has 0 radical (unpaired) electrons. The third-order valence-electron chi connectivity index (χ3n) is 1.98. The molecule has 1 aromatic heterocycles. The minimum absolute atomic E-state index is 0.125. The van der Waals surface area contributed by atoms with E-state index in [1.807, 2.05) is 0 Å². The van der Waals surface area contributed by atoms with E-state index in [0.29, 0.717) is 5.76 Å². The Hall–Kier alpha value is -2.19. The molecule has 0 aliphatic rings. The van der Waals surface area contributed by atoms with Crippen LogP contribution in [0.15, 0.2) is 22.8 Å². The van der Waals surface area contributed by atoms with Crippen molar-refractivity contribution in [3.63, 3.8) is 0 Å². The summed E-state index contributed by atoms with van der Waals surface area (Å²) in [7, 11) is 0. The number of carbonyl (C=O) groups is 2. The van der Waals surface area contributed by atoms with Crippen LogP contribution in [0.25, 0.3) is 0 Å². The Balaban J connectivity index is 2.57. The van der Waals surface area contributed by atoms with Gasteiger partial charge in [0.15, 0.2) is 0 Å². The second-order valence-electron chi connectivity index (χ2n) is 3.60. The van der Waals surface area contributed by atoms with Gasteiger partial charge in [-0.15, -0.1) is 0 Å². The second kappa shape index (κ2) is 6.12. The average molecular weight is 280 g/mol. The molecule has 0 aromatic carbocycles. The summed E-state index contributed by atoms with van der Waals surface area (Å²) in [5.74, 6) is -1.19. The van der Waals surface area contributed by atoms with Crippen molar-refractivity contribution in [1.29, 1.82) is 0 Å². The summed E-state index contributed by atoms with van der Waals surface area (Å²) in [6, 6.07) is 1.94. The zero-order valence-corrected chi connectivity index (χ0v) is 9.61. The number of aliphatic carboxylic acids is 1. The maximum atomic E-state index is 12.2. The van der Waals surface area contributed by atoms with Crippen LogP contribution in [0.1, 0.15) is 5.76 Å². The largest absolute Gasteiger partial charge is 0.480 e. The lowest BCUT2D eigenvalue weighted by molar-refractivity contribution is -0.148. The lowest BCUT2D eigenvalue weighted by atomic mass is 10.4. The first kappa shape index (κ1) is 14.9. The van der Waals surface area contributed by atoms with E-state index < -0.39 is 31.3 Å². The fourth-order valence-electron chi connectivity index (χ4n) is 1.27. The molecule has 1 heterocycles. The van der Waals surface area contributed by atoms with Gasteiger partial charge in [-0.1, -0.05) is 0 Å². The Bertz CT molecular complexity index is 430. The number of amides is 2. The van der Waals surface area contributed by atoms with Crippen LogP contribution in [0.3, 0.4) is 0 Å². The smallest absolute Gasteiger partial charge is 0.406 e. The third-order valence-corrected chi connectivity index (χ3v) is 1.98. The normalized spacial score (nSPS) is 11.1. The maximum Gasteiger partial charge on any atom is 0.406 e. The third kappa shape index (κ3) is 5.80. The number of carboxylic acid groups (broad SMARTS) is 1. The van der Waals surface area contributed by atoms with E-state index in [2.05, 4.69) is 5.32 Å². The number of alkyl halides is 3. The molecular weight excluding hydrogens is 269 g/mol. The van der Waals surface area contributed by atoms with Crippen LogP contribution in [0, 0.1) is 0 Å². The van der Waals surface area contributed by atoms with Gasteiger partial charge in [-0.05, 0) is 12.1 Å². The number of urea groups is 1. The molecule has 0 aliphatic heterocycles. The minimum atomic E-state index is -4.67. The van der Waals surface area contributed by atoms with Gasteiger partial charge >= 0.3 is 18.2 Å². The molecule has 106 valence electrons. The summed E-state index contributed by atoms with van der Waals surface area (Å²) in [5.41, 5.74) is 0. The number of halogens is 3. The van der Waals surface area contributed by atoms with E-state index in [1.165, 1.54) is 12.3 Å². The van der Waals surface area contributed by atoms with Gasteiger partial charge in [-0.25, -0.2) is 4.79 Å². The Kier molecular flexibility index (Phi) is 4.79. The Morgan fingerprint density at radius 3 is 2.58 bits per heavy atom. The van der Waals surface area contributed by atoms with Crippen LogP contribution in [0.5, 0.6) is 0 Å². The first-order chi connectivity index (χ1) is 8.78. The first-order valence-corrected chi connectivity index (χ1v) is 5.11. The molecule has 2 N–H and O–H groups in total. The highest BCUT2D eigenvalue weighted by atomic mass is 19.4. The number of nitrogens with zero attached hydrogens (tertiary/aromatic N) is 1. The van der Waals surface area contributed by atoms with Crippen LogP contribution in [-0.4, -0.2) is 41.3 Å². The molecular formula is C10H11F3N2O4.